The third kappa shape index (κ3) is 4.86. The van der Waals surface area contributed by atoms with E-state index in [0.717, 1.165) is 13.2 Å². The van der Waals surface area contributed by atoms with Crippen LogP contribution in [-0.2, 0) is 20.4 Å². The molecule has 0 aliphatic carbocycles. The van der Waals surface area contributed by atoms with Crippen LogP contribution in [-0.4, -0.2) is 32.8 Å². The van der Waals surface area contributed by atoms with E-state index in [1.54, 1.807) is 12.1 Å². The Labute approximate surface area is 162 Å². The van der Waals surface area contributed by atoms with Gasteiger partial charge in [0.1, 0.15) is 5.75 Å². The highest BCUT2D eigenvalue weighted by atomic mass is 35.5. The molecule has 0 aliphatic rings. The zero-order chi connectivity index (χ0) is 20.9. The van der Waals surface area contributed by atoms with Gasteiger partial charge in [0.05, 0.1) is 30.4 Å². The lowest BCUT2D eigenvalue weighted by molar-refractivity contribution is -0.143. The molecule has 0 N–H and O–H groups in total. The van der Waals surface area contributed by atoms with Crippen molar-refractivity contribution in [1.82, 2.24) is 0 Å². The molecule has 0 saturated carbocycles. The molecule has 0 aromatic heterocycles. The van der Waals surface area contributed by atoms with Crippen molar-refractivity contribution in [2.24, 2.45) is 0 Å². The van der Waals surface area contributed by atoms with Gasteiger partial charge in [-0.1, -0.05) is 23.7 Å². The van der Waals surface area contributed by atoms with Gasteiger partial charge in [0.2, 0.25) is 0 Å². The summed E-state index contributed by atoms with van der Waals surface area (Å²) in [6, 6.07) is 7.70. The van der Waals surface area contributed by atoms with Crippen LogP contribution >= 0.6 is 11.6 Å². The summed E-state index contributed by atoms with van der Waals surface area (Å²) in [5, 5.41) is -0.579. The van der Waals surface area contributed by atoms with Crippen LogP contribution in [0.2, 0.25) is 5.02 Å². The first kappa shape index (κ1) is 21.4. The highest BCUT2D eigenvalue weighted by molar-refractivity contribution is 6.35. The van der Waals surface area contributed by atoms with Crippen LogP contribution < -0.4 is 9.47 Å². The van der Waals surface area contributed by atoms with Gasteiger partial charge in [-0.3, -0.25) is 0 Å². The molecular formula is C18H14ClF3O6. The molecule has 0 unspecified atom stereocenters. The van der Waals surface area contributed by atoms with Crippen LogP contribution in [0.3, 0.4) is 0 Å². The van der Waals surface area contributed by atoms with Crippen molar-refractivity contribution >= 4 is 23.5 Å². The molecule has 2 aromatic rings. The first-order valence-corrected chi connectivity index (χ1v) is 8.01. The summed E-state index contributed by atoms with van der Waals surface area (Å²) in [6.07, 6.45) is -4.83. The number of alkyl halides is 3. The number of hydrogen-bond donors (Lipinski definition) is 0. The predicted molar refractivity (Wildman–Crippen MR) is 91.8 cm³/mol. The largest absolute Gasteiger partial charge is 0.478 e. The number of ether oxygens (including phenoxy) is 4. The number of carbonyl (C=O) groups is 2. The zero-order valence-electron chi connectivity index (χ0n) is 14.6. The molecule has 0 heterocycles. The van der Waals surface area contributed by atoms with Gasteiger partial charge in [-0.15, -0.1) is 0 Å². The lowest BCUT2D eigenvalue weighted by Crippen LogP contribution is -2.15. The van der Waals surface area contributed by atoms with E-state index in [4.69, 9.17) is 21.1 Å². The molecule has 150 valence electrons. The Morgan fingerprint density at radius 3 is 2.18 bits per heavy atom. The van der Waals surface area contributed by atoms with Gasteiger partial charge in [0.15, 0.2) is 18.1 Å². The second-order valence-electron chi connectivity index (χ2n) is 5.20. The van der Waals surface area contributed by atoms with E-state index in [9.17, 15) is 22.8 Å². The van der Waals surface area contributed by atoms with Crippen molar-refractivity contribution in [3.05, 3.63) is 52.5 Å². The lowest BCUT2D eigenvalue weighted by Gasteiger charge is -2.17. The topological polar surface area (TPSA) is 71.1 Å². The minimum atomic E-state index is -4.83. The molecule has 0 amide bonds. The number of esters is 2. The Balaban J connectivity index is 2.43. The fourth-order valence-corrected chi connectivity index (χ4v) is 2.42. The highest BCUT2D eigenvalue weighted by Gasteiger charge is 2.38. The van der Waals surface area contributed by atoms with E-state index >= 15 is 0 Å². The predicted octanol–water partition coefficient (Wildman–Crippen LogP) is 4.49. The summed E-state index contributed by atoms with van der Waals surface area (Å²) < 4.78 is 59.2. The molecule has 28 heavy (non-hydrogen) atoms. The summed E-state index contributed by atoms with van der Waals surface area (Å²) >= 11 is 6.01. The van der Waals surface area contributed by atoms with Crippen molar-refractivity contribution in [3.8, 4) is 17.2 Å². The molecule has 2 aromatic carbocycles. The molecule has 0 radical (unpaired) electrons. The quantitative estimate of drug-likeness (QED) is 0.644. The average molecular weight is 419 g/mol. The van der Waals surface area contributed by atoms with Crippen molar-refractivity contribution in [2.45, 2.75) is 6.18 Å². The summed E-state index contributed by atoms with van der Waals surface area (Å²) in [4.78, 5) is 23.1. The van der Waals surface area contributed by atoms with E-state index in [2.05, 4.69) is 9.47 Å². The fourth-order valence-electron chi connectivity index (χ4n) is 2.14. The number of halogens is 4. The number of rotatable bonds is 6. The smallest absolute Gasteiger partial charge is 0.417 e. The molecule has 2 rings (SSSR count). The molecule has 0 aliphatic heterocycles. The zero-order valence-corrected chi connectivity index (χ0v) is 15.4. The Bertz CT molecular complexity index is 882. The minimum absolute atomic E-state index is 0.0591. The average Bonchev–Trinajstić information content (AvgIpc) is 2.66. The number of carbonyl (C=O) groups excluding carboxylic acids is 2. The van der Waals surface area contributed by atoms with Crippen molar-refractivity contribution in [1.29, 1.82) is 0 Å². The molecule has 0 fully saturated rings. The molecule has 10 heteroatoms. The second-order valence-corrected chi connectivity index (χ2v) is 5.58. The van der Waals surface area contributed by atoms with Crippen LogP contribution in [0.5, 0.6) is 17.2 Å². The maximum Gasteiger partial charge on any atom is 0.417 e. The van der Waals surface area contributed by atoms with Crippen LogP contribution in [0.15, 0.2) is 36.4 Å². The SMILES string of the molecule is COC(=O)COc1ccccc1Oc1ccc(C(F)(F)F)c(C(=O)OC)c1Cl. The Kier molecular flexibility index (Phi) is 6.74. The molecule has 0 spiro atoms. The summed E-state index contributed by atoms with van der Waals surface area (Å²) in [5.41, 5.74) is -2.13. The van der Waals surface area contributed by atoms with E-state index in [0.29, 0.717) is 6.07 Å². The third-order valence-electron chi connectivity index (χ3n) is 3.44. The van der Waals surface area contributed by atoms with Crippen LogP contribution in [0.4, 0.5) is 13.2 Å². The second kappa shape index (κ2) is 8.83. The summed E-state index contributed by atoms with van der Waals surface area (Å²) in [7, 11) is 2.12. The Hall–Kier alpha value is -2.94. The maximum absolute atomic E-state index is 13.2. The van der Waals surface area contributed by atoms with Crippen molar-refractivity contribution in [2.75, 3.05) is 20.8 Å². The number of hydrogen-bond acceptors (Lipinski definition) is 6. The van der Waals surface area contributed by atoms with Gasteiger partial charge < -0.3 is 18.9 Å². The molecular weight excluding hydrogens is 405 g/mol. The Morgan fingerprint density at radius 1 is 0.964 bits per heavy atom. The molecule has 0 saturated heterocycles. The first-order chi connectivity index (χ1) is 13.2. The van der Waals surface area contributed by atoms with Crippen LogP contribution in [0.1, 0.15) is 15.9 Å². The minimum Gasteiger partial charge on any atom is -0.478 e. The van der Waals surface area contributed by atoms with Gasteiger partial charge in [0, 0.05) is 0 Å². The standard InChI is InChI=1S/C18H14ClF3O6/c1-25-14(23)9-27-11-5-3-4-6-12(11)28-13-8-7-10(18(20,21)22)15(16(13)19)17(24)26-2/h3-8H,9H2,1-2H3. The Morgan fingerprint density at radius 2 is 1.61 bits per heavy atom. The van der Waals surface area contributed by atoms with Gasteiger partial charge in [-0.25, -0.2) is 9.59 Å². The van der Waals surface area contributed by atoms with E-state index in [-0.39, 0.29) is 17.2 Å². The monoisotopic (exact) mass is 418 g/mol. The number of benzene rings is 2. The van der Waals surface area contributed by atoms with E-state index in [1.807, 2.05) is 0 Å². The van der Waals surface area contributed by atoms with Crippen molar-refractivity contribution in [3.63, 3.8) is 0 Å². The van der Waals surface area contributed by atoms with Gasteiger partial charge in [-0.2, -0.15) is 13.2 Å². The van der Waals surface area contributed by atoms with Crippen molar-refractivity contribution < 1.29 is 41.7 Å². The number of methoxy groups -OCH3 is 2. The fraction of sp³-hybridized carbons (Fsp3) is 0.222. The molecule has 6 nitrogen and oxygen atoms in total. The molecule has 0 atom stereocenters. The third-order valence-corrected chi connectivity index (χ3v) is 3.82. The highest BCUT2D eigenvalue weighted by Crippen LogP contribution is 2.42. The first-order valence-electron chi connectivity index (χ1n) is 7.63. The van der Waals surface area contributed by atoms with Gasteiger partial charge in [0.25, 0.3) is 0 Å². The molecule has 0 bridgehead atoms. The van der Waals surface area contributed by atoms with Gasteiger partial charge >= 0.3 is 18.1 Å². The normalized spacial score (nSPS) is 10.9. The van der Waals surface area contributed by atoms with Crippen LogP contribution in [0.25, 0.3) is 0 Å². The van der Waals surface area contributed by atoms with Gasteiger partial charge in [-0.05, 0) is 24.3 Å². The number of para-hydroxylation sites is 2. The summed E-state index contributed by atoms with van der Waals surface area (Å²) in [5.74, 6) is -1.97. The summed E-state index contributed by atoms with van der Waals surface area (Å²) in [6.45, 7) is -0.412. The lowest BCUT2D eigenvalue weighted by atomic mass is 10.1. The van der Waals surface area contributed by atoms with E-state index < -0.39 is 40.9 Å². The maximum atomic E-state index is 13.2. The van der Waals surface area contributed by atoms with Crippen LogP contribution in [0, 0.1) is 0 Å². The van der Waals surface area contributed by atoms with E-state index in [1.165, 1.54) is 19.2 Å².